The summed E-state index contributed by atoms with van der Waals surface area (Å²) in [5, 5.41) is 10.1. The van der Waals surface area contributed by atoms with Crippen molar-refractivity contribution in [1.82, 2.24) is 0 Å². The van der Waals surface area contributed by atoms with Gasteiger partial charge in [0.05, 0.1) is 6.10 Å². The zero-order valence-electron chi connectivity index (χ0n) is 12.0. The zero-order chi connectivity index (χ0) is 13.9. The number of hydrogen-bond donors (Lipinski definition) is 1. The summed E-state index contributed by atoms with van der Waals surface area (Å²) in [4.78, 5) is 11.7. The van der Waals surface area contributed by atoms with E-state index in [-0.39, 0.29) is 11.3 Å². The third-order valence-corrected chi connectivity index (χ3v) is 4.82. The Morgan fingerprint density at radius 1 is 1.58 bits per heavy atom. The molecular weight excluding hydrogens is 236 g/mol. The second-order valence-corrected chi connectivity index (χ2v) is 6.20. The van der Waals surface area contributed by atoms with Crippen LogP contribution in [0.1, 0.15) is 52.4 Å². The van der Waals surface area contributed by atoms with Crippen molar-refractivity contribution in [3.8, 4) is 11.8 Å². The molecule has 19 heavy (non-hydrogen) atoms. The smallest absolute Gasteiger partial charge is 0.134 e. The molecule has 2 rings (SSSR count). The highest BCUT2D eigenvalue weighted by atomic mass is 16.3. The molecule has 4 atom stereocenters. The van der Waals surface area contributed by atoms with Gasteiger partial charge in [-0.15, -0.1) is 11.8 Å². The van der Waals surface area contributed by atoms with Gasteiger partial charge in [0.25, 0.3) is 0 Å². The lowest BCUT2D eigenvalue weighted by molar-refractivity contribution is -0.118. The molecule has 0 saturated heterocycles. The van der Waals surface area contributed by atoms with Gasteiger partial charge in [0.2, 0.25) is 0 Å². The lowest BCUT2D eigenvalue weighted by atomic mass is 9.79. The van der Waals surface area contributed by atoms with Crippen LogP contribution in [0.25, 0.3) is 0 Å². The largest absolute Gasteiger partial charge is 0.389 e. The quantitative estimate of drug-likeness (QED) is 0.623. The van der Waals surface area contributed by atoms with E-state index in [2.05, 4.69) is 17.9 Å². The minimum Gasteiger partial charge on any atom is -0.389 e. The summed E-state index contributed by atoms with van der Waals surface area (Å²) in [6.45, 7) is 3.84. The molecular formula is C17H24O2. The van der Waals surface area contributed by atoms with E-state index in [9.17, 15) is 9.90 Å². The van der Waals surface area contributed by atoms with E-state index in [1.54, 1.807) is 0 Å². The molecule has 104 valence electrons. The first-order chi connectivity index (χ1) is 9.07. The molecule has 0 amide bonds. The summed E-state index contributed by atoms with van der Waals surface area (Å²) >= 11 is 0. The number of Topliss-reactive ketones (excluding diaryl/α,β-unsaturated/α-hetero) is 1. The van der Waals surface area contributed by atoms with Crippen molar-refractivity contribution in [3.05, 3.63) is 12.2 Å². The summed E-state index contributed by atoms with van der Waals surface area (Å²) in [6, 6.07) is 0. The molecule has 2 unspecified atom stereocenters. The van der Waals surface area contributed by atoms with Crippen molar-refractivity contribution in [1.29, 1.82) is 0 Å². The number of aliphatic hydroxyl groups is 1. The summed E-state index contributed by atoms with van der Waals surface area (Å²) < 4.78 is 0. The Balaban J connectivity index is 2.00. The number of fused-ring (bicyclic) bond motifs is 1. The monoisotopic (exact) mass is 260 g/mol. The average molecular weight is 260 g/mol. The van der Waals surface area contributed by atoms with Gasteiger partial charge in [-0.05, 0) is 37.0 Å². The van der Waals surface area contributed by atoms with E-state index >= 15 is 0 Å². The molecule has 0 heterocycles. The van der Waals surface area contributed by atoms with Gasteiger partial charge in [0.15, 0.2) is 0 Å². The standard InChI is InChI=1S/C17H24O2/c1-3-4-6-13(2)16(19)8-10-17-9-5-7-14(17)11-15(18)12-17/h8,10,13-14,16,19H,5-7,9,11-12H2,1-2H3/b10-8+/t13-,14?,16+,17?/m0/s1. The molecule has 0 aromatic rings. The highest BCUT2D eigenvalue weighted by molar-refractivity contribution is 5.82. The normalized spacial score (nSPS) is 33.0. The number of carbonyl (C=O) groups excluding carboxylic acids is 1. The summed E-state index contributed by atoms with van der Waals surface area (Å²) in [5.74, 6) is 6.94. The van der Waals surface area contributed by atoms with E-state index in [4.69, 9.17) is 0 Å². The summed E-state index contributed by atoms with van der Waals surface area (Å²) in [5.41, 5.74) is 0.0637. The number of aliphatic hydroxyl groups excluding tert-OH is 1. The fraction of sp³-hybridized carbons (Fsp3) is 0.706. The third kappa shape index (κ3) is 3.09. The Labute approximate surface area is 116 Å². The van der Waals surface area contributed by atoms with Crippen LogP contribution in [0.15, 0.2) is 12.2 Å². The molecule has 0 aromatic heterocycles. The number of ketones is 1. The van der Waals surface area contributed by atoms with Crippen LogP contribution in [0.5, 0.6) is 0 Å². The molecule has 0 spiro atoms. The summed E-state index contributed by atoms with van der Waals surface area (Å²) in [7, 11) is 0. The van der Waals surface area contributed by atoms with Crippen LogP contribution in [0, 0.1) is 29.1 Å². The topological polar surface area (TPSA) is 37.3 Å². The highest BCUT2D eigenvalue weighted by Gasteiger charge is 2.47. The SMILES string of the molecule is CC#CC[C@H](C)[C@H](O)/C=C/C12CCCC1CC(=O)C2. The van der Waals surface area contributed by atoms with Crippen molar-refractivity contribution in [3.63, 3.8) is 0 Å². The minimum absolute atomic E-state index is 0.0637. The van der Waals surface area contributed by atoms with Gasteiger partial charge in [-0.25, -0.2) is 0 Å². The van der Waals surface area contributed by atoms with Gasteiger partial charge in [-0.2, -0.15) is 0 Å². The zero-order valence-corrected chi connectivity index (χ0v) is 12.0. The molecule has 2 fully saturated rings. The fourth-order valence-electron chi connectivity index (χ4n) is 3.56. The van der Waals surface area contributed by atoms with Crippen LogP contribution in [-0.4, -0.2) is 17.0 Å². The van der Waals surface area contributed by atoms with Gasteiger partial charge >= 0.3 is 0 Å². The van der Waals surface area contributed by atoms with Crippen molar-refractivity contribution < 1.29 is 9.90 Å². The summed E-state index contributed by atoms with van der Waals surface area (Å²) in [6.07, 6.45) is 9.26. The Morgan fingerprint density at radius 3 is 3.11 bits per heavy atom. The van der Waals surface area contributed by atoms with Crippen molar-refractivity contribution in [2.75, 3.05) is 0 Å². The highest BCUT2D eigenvalue weighted by Crippen LogP contribution is 2.53. The van der Waals surface area contributed by atoms with E-state index in [1.165, 1.54) is 12.8 Å². The maximum atomic E-state index is 11.7. The van der Waals surface area contributed by atoms with Crippen molar-refractivity contribution in [2.45, 2.75) is 58.5 Å². The van der Waals surface area contributed by atoms with Crippen LogP contribution in [0.4, 0.5) is 0 Å². The molecule has 2 saturated carbocycles. The molecule has 2 aliphatic rings. The fourth-order valence-corrected chi connectivity index (χ4v) is 3.56. The van der Waals surface area contributed by atoms with Crippen LogP contribution in [0.2, 0.25) is 0 Å². The number of rotatable bonds is 4. The third-order valence-electron chi connectivity index (χ3n) is 4.82. The first kappa shape index (κ1) is 14.3. The molecule has 0 aliphatic heterocycles. The second-order valence-electron chi connectivity index (χ2n) is 6.20. The number of carbonyl (C=O) groups is 1. The van der Waals surface area contributed by atoms with E-state index in [0.717, 1.165) is 19.3 Å². The van der Waals surface area contributed by atoms with Crippen molar-refractivity contribution >= 4 is 5.78 Å². The van der Waals surface area contributed by atoms with Crippen LogP contribution < -0.4 is 0 Å². The van der Waals surface area contributed by atoms with E-state index in [1.807, 2.05) is 19.9 Å². The Bertz CT molecular complexity index is 426. The Kier molecular flexibility index (Phi) is 4.47. The lowest BCUT2D eigenvalue weighted by Gasteiger charge is -2.25. The van der Waals surface area contributed by atoms with Gasteiger partial charge in [-0.1, -0.05) is 25.5 Å². The molecule has 2 nitrogen and oxygen atoms in total. The average Bonchev–Trinajstić information content (AvgIpc) is 2.88. The predicted octanol–water partition coefficient (Wildman–Crippen LogP) is 3.10. The maximum absolute atomic E-state index is 11.7. The molecule has 1 N–H and O–H groups in total. The Hall–Kier alpha value is -1.07. The molecule has 0 aromatic carbocycles. The first-order valence-electron chi connectivity index (χ1n) is 7.36. The van der Waals surface area contributed by atoms with Gasteiger partial charge in [-0.3, -0.25) is 4.79 Å². The maximum Gasteiger partial charge on any atom is 0.134 e. The molecule has 2 heteroatoms. The first-order valence-corrected chi connectivity index (χ1v) is 7.36. The minimum atomic E-state index is -0.452. The molecule has 0 radical (unpaired) electrons. The van der Waals surface area contributed by atoms with Crippen LogP contribution in [-0.2, 0) is 4.79 Å². The predicted molar refractivity (Wildman–Crippen MR) is 76.4 cm³/mol. The van der Waals surface area contributed by atoms with Crippen LogP contribution >= 0.6 is 0 Å². The number of allylic oxidation sites excluding steroid dienone is 1. The van der Waals surface area contributed by atoms with Gasteiger partial charge in [0, 0.05) is 19.3 Å². The number of hydrogen-bond acceptors (Lipinski definition) is 2. The lowest BCUT2D eigenvalue weighted by Crippen LogP contribution is -2.20. The van der Waals surface area contributed by atoms with Crippen LogP contribution in [0.3, 0.4) is 0 Å². The van der Waals surface area contributed by atoms with E-state index in [0.29, 0.717) is 18.1 Å². The Morgan fingerprint density at radius 2 is 2.37 bits per heavy atom. The second kappa shape index (κ2) is 5.92. The molecule has 2 aliphatic carbocycles. The van der Waals surface area contributed by atoms with Crippen molar-refractivity contribution in [2.24, 2.45) is 17.3 Å². The van der Waals surface area contributed by atoms with E-state index < -0.39 is 6.10 Å². The van der Waals surface area contributed by atoms with Gasteiger partial charge < -0.3 is 5.11 Å². The molecule has 0 bridgehead atoms. The van der Waals surface area contributed by atoms with Gasteiger partial charge in [0.1, 0.15) is 5.78 Å².